The lowest BCUT2D eigenvalue weighted by Gasteiger charge is -2.16. The smallest absolute Gasteiger partial charge is 0.136 e. The van der Waals surface area contributed by atoms with Crippen LogP contribution in [-0.2, 0) is 0 Å². The van der Waals surface area contributed by atoms with Gasteiger partial charge >= 0.3 is 0 Å². The van der Waals surface area contributed by atoms with Gasteiger partial charge in [0, 0.05) is 35.5 Å². The summed E-state index contributed by atoms with van der Waals surface area (Å²) in [6, 6.07) is 6.30. The van der Waals surface area contributed by atoms with E-state index in [2.05, 4.69) is 46.0 Å². The van der Waals surface area contributed by atoms with E-state index in [-0.39, 0.29) is 0 Å². The molecule has 0 aliphatic heterocycles. The molecule has 0 radical (unpaired) electrons. The van der Waals surface area contributed by atoms with Crippen molar-refractivity contribution in [1.82, 2.24) is 4.98 Å². The summed E-state index contributed by atoms with van der Waals surface area (Å²) in [5.74, 6) is 1.02. The van der Waals surface area contributed by atoms with Gasteiger partial charge in [0.05, 0.1) is 0 Å². The van der Waals surface area contributed by atoms with Gasteiger partial charge in [-0.2, -0.15) is 0 Å². The molecule has 0 aliphatic rings. The molecule has 0 spiro atoms. The number of hydrogen-bond donors (Lipinski definition) is 0. The molecule has 0 unspecified atom stereocenters. The molecule has 78 valence electrons. The SMILES string of the molecule is Cc1cccc2c(Br)cnc(N(C)C)c12. The van der Waals surface area contributed by atoms with Gasteiger partial charge in [-0.3, -0.25) is 0 Å². The second kappa shape index (κ2) is 3.81. The van der Waals surface area contributed by atoms with Gasteiger partial charge in [0.15, 0.2) is 0 Å². The normalized spacial score (nSPS) is 10.7. The number of hydrogen-bond acceptors (Lipinski definition) is 2. The molecule has 0 saturated heterocycles. The first kappa shape index (κ1) is 10.4. The molecule has 1 aromatic heterocycles. The first-order valence-electron chi connectivity index (χ1n) is 4.82. The van der Waals surface area contributed by atoms with Crippen LogP contribution < -0.4 is 4.90 Å². The van der Waals surface area contributed by atoms with Crippen molar-refractivity contribution in [3.8, 4) is 0 Å². The Morgan fingerprint density at radius 3 is 2.67 bits per heavy atom. The average Bonchev–Trinajstić information content (AvgIpc) is 2.19. The second-order valence-electron chi connectivity index (χ2n) is 3.82. The Bertz CT molecular complexity index is 506. The van der Waals surface area contributed by atoms with Gasteiger partial charge in [-0.1, -0.05) is 18.2 Å². The molecular formula is C12H13BrN2. The summed E-state index contributed by atoms with van der Waals surface area (Å²) in [7, 11) is 4.03. The topological polar surface area (TPSA) is 16.1 Å². The zero-order chi connectivity index (χ0) is 11.0. The van der Waals surface area contributed by atoms with E-state index in [0.717, 1.165) is 10.3 Å². The number of aromatic nitrogens is 1. The third kappa shape index (κ3) is 1.72. The third-order valence-electron chi connectivity index (χ3n) is 2.48. The van der Waals surface area contributed by atoms with Crippen LogP contribution >= 0.6 is 15.9 Å². The third-order valence-corrected chi connectivity index (χ3v) is 3.11. The van der Waals surface area contributed by atoms with E-state index in [1.165, 1.54) is 16.3 Å². The quantitative estimate of drug-likeness (QED) is 0.785. The lowest BCUT2D eigenvalue weighted by Crippen LogP contribution is -2.11. The van der Waals surface area contributed by atoms with Crippen LogP contribution in [0.15, 0.2) is 28.9 Å². The molecule has 3 heteroatoms. The van der Waals surface area contributed by atoms with Crippen molar-refractivity contribution in [2.75, 3.05) is 19.0 Å². The molecule has 1 heterocycles. The zero-order valence-corrected chi connectivity index (χ0v) is 10.7. The molecule has 0 N–H and O–H groups in total. The van der Waals surface area contributed by atoms with E-state index < -0.39 is 0 Å². The highest BCUT2D eigenvalue weighted by Gasteiger charge is 2.09. The molecule has 0 fully saturated rings. The van der Waals surface area contributed by atoms with Crippen LogP contribution in [-0.4, -0.2) is 19.1 Å². The molecule has 2 rings (SSSR count). The molecule has 0 saturated carbocycles. The number of aryl methyl sites for hydroxylation is 1. The molecular weight excluding hydrogens is 252 g/mol. The molecule has 0 amide bonds. The minimum absolute atomic E-state index is 1.02. The summed E-state index contributed by atoms with van der Waals surface area (Å²) >= 11 is 3.53. The van der Waals surface area contributed by atoms with Crippen LogP contribution in [0.25, 0.3) is 10.8 Å². The summed E-state index contributed by atoms with van der Waals surface area (Å²) < 4.78 is 1.05. The number of nitrogens with zero attached hydrogens (tertiary/aromatic N) is 2. The van der Waals surface area contributed by atoms with Crippen LogP contribution in [0.5, 0.6) is 0 Å². The molecule has 0 bridgehead atoms. The first-order valence-corrected chi connectivity index (χ1v) is 5.61. The zero-order valence-electron chi connectivity index (χ0n) is 9.08. The van der Waals surface area contributed by atoms with Crippen molar-refractivity contribution in [1.29, 1.82) is 0 Å². The molecule has 15 heavy (non-hydrogen) atoms. The van der Waals surface area contributed by atoms with Crippen molar-refractivity contribution < 1.29 is 0 Å². The first-order chi connectivity index (χ1) is 7.11. The predicted octanol–water partition coefficient (Wildman–Crippen LogP) is 3.37. The van der Waals surface area contributed by atoms with Gasteiger partial charge < -0.3 is 4.90 Å². The van der Waals surface area contributed by atoms with Crippen molar-refractivity contribution in [2.45, 2.75) is 6.92 Å². The van der Waals surface area contributed by atoms with Crippen molar-refractivity contribution in [2.24, 2.45) is 0 Å². The van der Waals surface area contributed by atoms with Gasteiger partial charge in [-0.15, -0.1) is 0 Å². The van der Waals surface area contributed by atoms with Crippen molar-refractivity contribution in [3.05, 3.63) is 34.4 Å². The summed E-state index contributed by atoms with van der Waals surface area (Å²) in [5, 5.41) is 2.44. The Morgan fingerprint density at radius 1 is 1.27 bits per heavy atom. The van der Waals surface area contributed by atoms with E-state index in [1.807, 2.05) is 25.2 Å². The van der Waals surface area contributed by atoms with E-state index in [9.17, 15) is 0 Å². The lowest BCUT2D eigenvalue weighted by molar-refractivity contribution is 1.08. The van der Waals surface area contributed by atoms with Gasteiger partial charge in [0.1, 0.15) is 5.82 Å². The number of rotatable bonds is 1. The molecule has 2 aromatic rings. The number of benzene rings is 1. The number of pyridine rings is 1. The van der Waals surface area contributed by atoms with Crippen molar-refractivity contribution in [3.63, 3.8) is 0 Å². The fourth-order valence-corrected chi connectivity index (χ4v) is 2.19. The largest absolute Gasteiger partial charge is 0.362 e. The molecule has 0 atom stereocenters. The molecule has 1 aromatic carbocycles. The van der Waals surface area contributed by atoms with Crippen LogP contribution in [0.3, 0.4) is 0 Å². The average molecular weight is 265 g/mol. The summed E-state index contributed by atoms with van der Waals surface area (Å²) in [5.41, 5.74) is 1.25. The van der Waals surface area contributed by atoms with Crippen molar-refractivity contribution >= 4 is 32.5 Å². The minimum atomic E-state index is 1.02. The number of fused-ring (bicyclic) bond motifs is 1. The maximum absolute atomic E-state index is 4.45. The highest BCUT2D eigenvalue weighted by atomic mass is 79.9. The van der Waals surface area contributed by atoms with Gasteiger partial charge in [0.25, 0.3) is 0 Å². The standard InChI is InChI=1S/C12H13BrN2/c1-8-5-4-6-9-10(13)7-14-12(11(8)9)15(2)3/h4-7H,1-3H3. The number of anilines is 1. The lowest BCUT2D eigenvalue weighted by atomic mass is 10.1. The maximum atomic E-state index is 4.45. The van der Waals surface area contributed by atoms with E-state index >= 15 is 0 Å². The Balaban J connectivity index is 2.90. The Labute approximate surface area is 98.1 Å². The summed E-state index contributed by atoms with van der Waals surface area (Å²) in [6.45, 7) is 2.11. The van der Waals surface area contributed by atoms with Crippen LogP contribution in [0.4, 0.5) is 5.82 Å². The minimum Gasteiger partial charge on any atom is -0.362 e. The maximum Gasteiger partial charge on any atom is 0.136 e. The molecule has 0 aliphatic carbocycles. The Hall–Kier alpha value is -1.09. The van der Waals surface area contributed by atoms with Crippen LogP contribution in [0.2, 0.25) is 0 Å². The Morgan fingerprint density at radius 2 is 2.00 bits per heavy atom. The van der Waals surface area contributed by atoms with Gasteiger partial charge in [-0.25, -0.2) is 4.98 Å². The predicted molar refractivity (Wildman–Crippen MR) is 68.5 cm³/mol. The van der Waals surface area contributed by atoms with Gasteiger partial charge in [-0.05, 0) is 28.4 Å². The molecule has 2 nitrogen and oxygen atoms in total. The van der Waals surface area contributed by atoms with Gasteiger partial charge in [0.2, 0.25) is 0 Å². The second-order valence-corrected chi connectivity index (χ2v) is 4.68. The van der Waals surface area contributed by atoms with Crippen LogP contribution in [0.1, 0.15) is 5.56 Å². The monoisotopic (exact) mass is 264 g/mol. The van der Waals surface area contributed by atoms with E-state index in [0.29, 0.717) is 0 Å². The highest BCUT2D eigenvalue weighted by Crippen LogP contribution is 2.31. The number of halogens is 1. The summed E-state index contributed by atoms with van der Waals surface area (Å²) in [6.07, 6.45) is 1.86. The highest BCUT2D eigenvalue weighted by molar-refractivity contribution is 9.10. The Kier molecular flexibility index (Phi) is 2.65. The van der Waals surface area contributed by atoms with E-state index in [1.54, 1.807) is 0 Å². The fourth-order valence-electron chi connectivity index (χ4n) is 1.75. The summed E-state index contributed by atoms with van der Waals surface area (Å²) in [4.78, 5) is 6.49. The van der Waals surface area contributed by atoms with Crippen LogP contribution in [0, 0.1) is 6.92 Å². The fraction of sp³-hybridized carbons (Fsp3) is 0.250. The van der Waals surface area contributed by atoms with E-state index in [4.69, 9.17) is 0 Å².